The predicted molar refractivity (Wildman–Crippen MR) is 75.8 cm³/mol. The fourth-order valence-electron chi connectivity index (χ4n) is 2.21. The Kier molecular flexibility index (Phi) is 4.19. The number of amides is 2. The van der Waals surface area contributed by atoms with Crippen LogP contribution in [0.4, 0.5) is 16.2 Å². The number of nitrogens with zero attached hydrogens (tertiary/aromatic N) is 1. The number of nitro benzene ring substituents is 1. The second-order valence-corrected chi connectivity index (χ2v) is 5.19. The van der Waals surface area contributed by atoms with Gasteiger partial charge in [-0.2, -0.15) is 0 Å². The summed E-state index contributed by atoms with van der Waals surface area (Å²) in [6, 6.07) is 5.47. The number of benzene rings is 1. The van der Waals surface area contributed by atoms with Crippen LogP contribution in [0.25, 0.3) is 0 Å². The Labute approximate surface area is 116 Å². The molecule has 0 unspecified atom stereocenters. The number of non-ortho nitro benzene ring substituents is 1. The number of carbonyl (C=O) groups is 1. The maximum atomic E-state index is 11.9. The average Bonchev–Trinajstić information content (AvgIpc) is 2.39. The van der Waals surface area contributed by atoms with Crippen LogP contribution in [0.3, 0.4) is 0 Å². The Hall–Kier alpha value is -2.15. The van der Waals surface area contributed by atoms with E-state index in [-0.39, 0.29) is 17.3 Å². The van der Waals surface area contributed by atoms with Gasteiger partial charge in [0.15, 0.2) is 0 Å². The van der Waals surface area contributed by atoms with Crippen molar-refractivity contribution in [2.24, 2.45) is 0 Å². The second kappa shape index (κ2) is 5.87. The number of hydrogen-bond acceptors (Lipinski definition) is 4. The summed E-state index contributed by atoms with van der Waals surface area (Å²) in [5.41, 5.74) is 0.322. The van der Waals surface area contributed by atoms with Crippen molar-refractivity contribution in [2.75, 3.05) is 18.4 Å². The first-order chi connectivity index (χ1) is 9.48. The minimum atomic E-state index is -0.472. The van der Waals surface area contributed by atoms with E-state index in [0.717, 1.165) is 25.9 Å². The van der Waals surface area contributed by atoms with Gasteiger partial charge in [0.2, 0.25) is 0 Å². The molecule has 108 valence electrons. The summed E-state index contributed by atoms with van der Waals surface area (Å²) in [4.78, 5) is 22.0. The minimum absolute atomic E-state index is 0.00118. The zero-order chi connectivity index (χ0) is 14.6. The van der Waals surface area contributed by atoms with E-state index in [0.29, 0.717) is 5.69 Å². The molecule has 0 radical (unpaired) electrons. The van der Waals surface area contributed by atoms with Crippen LogP contribution in [-0.2, 0) is 0 Å². The topological polar surface area (TPSA) is 96.3 Å². The molecule has 1 fully saturated rings. The van der Waals surface area contributed by atoms with Crippen LogP contribution in [0.1, 0.15) is 19.8 Å². The number of rotatable bonds is 3. The number of hydrogen-bond donors (Lipinski definition) is 3. The summed E-state index contributed by atoms with van der Waals surface area (Å²) in [6.45, 7) is 3.78. The van der Waals surface area contributed by atoms with Crippen LogP contribution in [0, 0.1) is 10.1 Å². The number of anilines is 1. The Balaban J connectivity index is 1.92. The molecule has 1 aromatic rings. The molecule has 7 nitrogen and oxygen atoms in total. The van der Waals surface area contributed by atoms with E-state index >= 15 is 0 Å². The molecule has 0 bridgehead atoms. The summed E-state index contributed by atoms with van der Waals surface area (Å²) in [6.07, 6.45) is 1.75. The maximum Gasteiger partial charge on any atom is 0.319 e. The fraction of sp³-hybridized carbons (Fsp3) is 0.462. The van der Waals surface area contributed by atoms with Gasteiger partial charge in [-0.15, -0.1) is 0 Å². The number of nitro groups is 1. The van der Waals surface area contributed by atoms with E-state index in [1.54, 1.807) is 0 Å². The highest BCUT2D eigenvalue weighted by Crippen LogP contribution is 2.18. The van der Waals surface area contributed by atoms with Crippen LogP contribution in [0.5, 0.6) is 0 Å². The standard InChI is InChI=1S/C13H18N4O3/c1-13(6-8-14-9-7-13)16-12(18)15-10-2-4-11(5-3-10)17(19)20/h2-5,14H,6-9H2,1H3,(H2,15,16,18). The molecule has 1 aliphatic rings. The second-order valence-electron chi connectivity index (χ2n) is 5.19. The first kappa shape index (κ1) is 14.3. The van der Waals surface area contributed by atoms with Crippen LogP contribution < -0.4 is 16.0 Å². The molecule has 2 amide bonds. The molecule has 1 aromatic carbocycles. The third-order valence-corrected chi connectivity index (χ3v) is 3.46. The third kappa shape index (κ3) is 3.67. The molecular formula is C13H18N4O3. The normalized spacial score (nSPS) is 17.2. The SMILES string of the molecule is CC1(NC(=O)Nc2ccc([N+](=O)[O-])cc2)CCNCC1. The van der Waals surface area contributed by atoms with E-state index in [1.165, 1.54) is 24.3 Å². The number of piperidine rings is 1. The monoisotopic (exact) mass is 278 g/mol. The molecule has 1 heterocycles. The zero-order valence-electron chi connectivity index (χ0n) is 11.3. The third-order valence-electron chi connectivity index (χ3n) is 3.46. The van der Waals surface area contributed by atoms with E-state index in [1.807, 2.05) is 6.92 Å². The van der Waals surface area contributed by atoms with Gasteiger partial charge in [-0.25, -0.2) is 4.79 Å². The van der Waals surface area contributed by atoms with Crippen molar-refractivity contribution in [1.29, 1.82) is 0 Å². The lowest BCUT2D eigenvalue weighted by Gasteiger charge is -2.34. The van der Waals surface area contributed by atoms with Crippen molar-refractivity contribution in [3.8, 4) is 0 Å². The van der Waals surface area contributed by atoms with Gasteiger partial charge in [0.25, 0.3) is 5.69 Å². The Morgan fingerprint density at radius 1 is 1.30 bits per heavy atom. The van der Waals surface area contributed by atoms with E-state index in [2.05, 4.69) is 16.0 Å². The maximum absolute atomic E-state index is 11.9. The molecule has 7 heteroatoms. The largest absolute Gasteiger partial charge is 0.333 e. The van der Waals surface area contributed by atoms with Crippen molar-refractivity contribution in [2.45, 2.75) is 25.3 Å². The molecular weight excluding hydrogens is 260 g/mol. The lowest BCUT2D eigenvalue weighted by Crippen LogP contribution is -2.53. The molecule has 0 spiro atoms. The molecule has 1 aliphatic heterocycles. The Bertz CT molecular complexity index is 495. The van der Waals surface area contributed by atoms with Gasteiger partial charge in [0.05, 0.1) is 4.92 Å². The number of urea groups is 1. The molecule has 3 N–H and O–H groups in total. The molecule has 1 saturated heterocycles. The van der Waals surface area contributed by atoms with Gasteiger partial charge < -0.3 is 16.0 Å². The minimum Gasteiger partial charge on any atom is -0.333 e. The highest BCUT2D eigenvalue weighted by atomic mass is 16.6. The quantitative estimate of drug-likeness (QED) is 0.580. The van der Waals surface area contributed by atoms with Crippen molar-refractivity contribution in [3.63, 3.8) is 0 Å². The van der Waals surface area contributed by atoms with Gasteiger partial charge in [-0.1, -0.05) is 0 Å². The summed E-state index contributed by atoms with van der Waals surface area (Å²) < 4.78 is 0. The molecule has 0 aliphatic carbocycles. The van der Waals surface area contributed by atoms with Gasteiger partial charge in [0, 0.05) is 23.4 Å². The average molecular weight is 278 g/mol. The molecule has 2 rings (SSSR count). The molecule has 20 heavy (non-hydrogen) atoms. The van der Waals surface area contributed by atoms with Gasteiger partial charge in [-0.05, 0) is 45.0 Å². The van der Waals surface area contributed by atoms with Gasteiger partial charge in [-0.3, -0.25) is 10.1 Å². The van der Waals surface area contributed by atoms with Gasteiger partial charge in [0.1, 0.15) is 0 Å². The Morgan fingerprint density at radius 3 is 2.45 bits per heavy atom. The zero-order valence-corrected chi connectivity index (χ0v) is 11.3. The number of carbonyl (C=O) groups excluding carboxylic acids is 1. The smallest absolute Gasteiger partial charge is 0.319 e. The summed E-state index contributed by atoms with van der Waals surface area (Å²) in [5.74, 6) is 0. The van der Waals surface area contributed by atoms with Gasteiger partial charge >= 0.3 is 6.03 Å². The summed E-state index contributed by atoms with van der Waals surface area (Å²) in [5, 5.41) is 19.4. The first-order valence-electron chi connectivity index (χ1n) is 6.53. The molecule has 0 atom stereocenters. The highest BCUT2D eigenvalue weighted by molar-refractivity contribution is 5.89. The molecule has 0 aromatic heterocycles. The predicted octanol–water partition coefficient (Wildman–Crippen LogP) is 1.86. The van der Waals surface area contributed by atoms with E-state index < -0.39 is 4.92 Å². The first-order valence-corrected chi connectivity index (χ1v) is 6.53. The molecule has 0 saturated carbocycles. The summed E-state index contributed by atoms with van der Waals surface area (Å²) >= 11 is 0. The fourth-order valence-corrected chi connectivity index (χ4v) is 2.21. The van der Waals surface area contributed by atoms with Crippen molar-refractivity contribution in [3.05, 3.63) is 34.4 Å². The lowest BCUT2D eigenvalue weighted by molar-refractivity contribution is -0.384. The Morgan fingerprint density at radius 2 is 1.90 bits per heavy atom. The van der Waals surface area contributed by atoms with Crippen molar-refractivity contribution < 1.29 is 9.72 Å². The summed E-state index contributed by atoms with van der Waals surface area (Å²) in [7, 11) is 0. The van der Waals surface area contributed by atoms with E-state index in [9.17, 15) is 14.9 Å². The van der Waals surface area contributed by atoms with Crippen molar-refractivity contribution >= 4 is 17.4 Å². The van der Waals surface area contributed by atoms with Crippen LogP contribution in [0.2, 0.25) is 0 Å². The van der Waals surface area contributed by atoms with Crippen molar-refractivity contribution in [1.82, 2.24) is 10.6 Å². The lowest BCUT2D eigenvalue weighted by atomic mass is 9.91. The van der Waals surface area contributed by atoms with Crippen LogP contribution in [-0.4, -0.2) is 29.6 Å². The van der Waals surface area contributed by atoms with E-state index in [4.69, 9.17) is 0 Å². The van der Waals surface area contributed by atoms with Crippen LogP contribution in [0.15, 0.2) is 24.3 Å². The van der Waals surface area contributed by atoms with Crippen LogP contribution >= 0.6 is 0 Å². The number of nitrogens with one attached hydrogen (secondary N) is 3. The highest BCUT2D eigenvalue weighted by Gasteiger charge is 2.28.